The number of rotatable bonds is 6. The Bertz CT molecular complexity index is 453. The molecule has 1 saturated carbocycles. The van der Waals surface area contributed by atoms with E-state index in [4.69, 9.17) is 14.7 Å². The third-order valence-corrected chi connectivity index (χ3v) is 3.80. The van der Waals surface area contributed by atoms with E-state index in [9.17, 15) is 0 Å². The fourth-order valence-electron chi connectivity index (χ4n) is 2.71. The minimum atomic E-state index is 0.435. The van der Waals surface area contributed by atoms with Gasteiger partial charge in [0.1, 0.15) is 11.8 Å². The minimum Gasteiger partial charge on any atom is -0.492 e. The van der Waals surface area contributed by atoms with Crippen LogP contribution in [-0.2, 0) is 4.74 Å². The molecule has 3 nitrogen and oxygen atoms in total. The quantitative estimate of drug-likeness (QED) is 0.738. The maximum atomic E-state index is 8.96. The van der Waals surface area contributed by atoms with Crippen LogP contribution in [0.1, 0.15) is 44.6 Å². The summed E-state index contributed by atoms with van der Waals surface area (Å²) >= 11 is 0. The Kier molecular flexibility index (Phi) is 5.88. The lowest BCUT2D eigenvalue weighted by atomic mass is 9.89. The summed E-state index contributed by atoms with van der Waals surface area (Å²) in [6.45, 7) is 3.64. The van der Waals surface area contributed by atoms with Crippen LogP contribution in [0.4, 0.5) is 0 Å². The highest BCUT2D eigenvalue weighted by Gasteiger charge is 2.18. The summed E-state index contributed by atoms with van der Waals surface area (Å²) in [5, 5.41) is 8.96. The molecule has 1 aromatic rings. The molecule has 0 bridgehead atoms. The van der Waals surface area contributed by atoms with E-state index < -0.39 is 0 Å². The Morgan fingerprint density at radius 1 is 1.25 bits per heavy atom. The van der Waals surface area contributed by atoms with Crippen LogP contribution < -0.4 is 4.74 Å². The Morgan fingerprint density at radius 2 is 2.10 bits per heavy atom. The van der Waals surface area contributed by atoms with E-state index in [2.05, 4.69) is 13.0 Å². The van der Waals surface area contributed by atoms with Crippen molar-refractivity contribution in [3.8, 4) is 11.8 Å². The number of para-hydroxylation sites is 1. The lowest BCUT2D eigenvalue weighted by Crippen LogP contribution is -2.22. The monoisotopic (exact) mass is 273 g/mol. The van der Waals surface area contributed by atoms with E-state index in [0.29, 0.717) is 24.0 Å². The van der Waals surface area contributed by atoms with Crippen LogP contribution in [0.15, 0.2) is 24.3 Å². The van der Waals surface area contributed by atoms with Crippen molar-refractivity contribution in [1.82, 2.24) is 0 Å². The number of hydrogen-bond donors (Lipinski definition) is 0. The normalized spacial score (nSPS) is 22.2. The number of benzene rings is 1. The van der Waals surface area contributed by atoms with Gasteiger partial charge in [0.15, 0.2) is 0 Å². The molecule has 3 heteroatoms. The second-order valence-corrected chi connectivity index (χ2v) is 5.57. The molecule has 0 N–H and O–H groups in total. The minimum absolute atomic E-state index is 0.435. The molecular weight excluding hydrogens is 250 g/mol. The topological polar surface area (TPSA) is 42.2 Å². The maximum Gasteiger partial charge on any atom is 0.137 e. The Labute approximate surface area is 121 Å². The summed E-state index contributed by atoms with van der Waals surface area (Å²) < 4.78 is 11.5. The van der Waals surface area contributed by atoms with Gasteiger partial charge in [0.2, 0.25) is 0 Å². The molecule has 0 spiro atoms. The van der Waals surface area contributed by atoms with Crippen LogP contribution in [0.2, 0.25) is 0 Å². The predicted octanol–water partition coefficient (Wildman–Crippen LogP) is 3.92. The first kappa shape index (κ1) is 14.9. The fourth-order valence-corrected chi connectivity index (χ4v) is 2.71. The zero-order chi connectivity index (χ0) is 14.2. The summed E-state index contributed by atoms with van der Waals surface area (Å²) in [5.41, 5.74) is 0.592. The van der Waals surface area contributed by atoms with Crippen molar-refractivity contribution in [2.75, 3.05) is 13.2 Å². The molecule has 0 aromatic heterocycles. The average molecular weight is 273 g/mol. The van der Waals surface area contributed by atoms with Gasteiger partial charge in [0.25, 0.3) is 0 Å². The van der Waals surface area contributed by atoms with Gasteiger partial charge >= 0.3 is 0 Å². The largest absolute Gasteiger partial charge is 0.492 e. The third kappa shape index (κ3) is 4.54. The van der Waals surface area contributed by atoms with Crippen molar-refractivity contribution < 1.29 is 9.47 Å². The number of nitriles is 1. The smallest absolute Gasteiger partial charge is 0.137 e. The third-order valence-electron chi connectivity index (χ3n) is 3.80. The second-order valence-electron chi connectivity index (χ2n) is 5.57. The van der Waals surface area contributed by atoms with Gasteiger partial charge in [0, 0.05) is 6.42 Å². The average Bonchev–Trinajstić information content (AvgIpc) is 2.47. The molecule has 1 aliphatic rings. The zero-order valence-electron chi connectivity index (χ0n) is 12.2. The van der Waals surface area contributed by atoms with Crippen LogP contribution in [-0.4, -0.2) is 19.3 Å². The van der Waals surface area contributed by atoms with E-state index >= 15 is 0 Å². The lowest BCUT2D eigenvalue weighted by Gasteiger charge is -2.26. The van der Waals surface area contributed by atoms with Gasteiger partial charge in [0.05, 0.1) is 24.9 Å². The molecule has 0 aliphatic heterocycles. The van der Waals surface area contributed by atoms with Gasteiger partial charge in [-0.05, 0) is 30.9 Å². The molecule has 0 radical (unpaired) electrons. The molecular formula is C17H23NO2. The first-order valence-electron chi connectivity index (χ1n) is 7.53. The van der Waals surface area contributed by atoms with Crippen LogP contribution in [0.25, 0.3) is 0 Å². The highest BCUT2D eigenvalue weighted by molar-refractivity contribution is 5.42. The van der Waals surface area contributed by atoms with Crippen molar-refractivity contribution in [2.24, 2.45) is 5.92 Å². The highest BCUT2D eigenvalue weighted by atomic mass is 16.5. The fraction of sp³-hybridized carbons (Fsp3) is 0.588. The van der Waals surface area contributed by atoms with Gasteiger partial charge < -0.3 is 9.47 Å². The molecule has 108 valence electrons. The molecule has 1 aliphatic carbocycles. The van der Waals surface area contributed by atoms with E-state index in [0.717, 1.165) is 18.9 Å². The summed E-state index contributed by atoms with van der Waals surface area (Å²) in [5.74, 6) is 1.47. The van der Waals surface area contributed by atoms with Gasteiger partial charge in [-0.25, -0.2) is 0 Å². The molecule has 2 atom stereocenters. The lowest BCUT2D eigenvalue weighted by molar-refractivity contribution is 0.0106. The van der Waals surface area contributed by atoms with E-state index in [1.165, 1.54) is 25.7 Å². The van der Waals surface area contributed by atoms with Gasteiger partial charge in [-0.2, -0.15) is 5.26 Å². The highest BCUT2D eigenvalue weighted by Crippen LogP contribution is 2.25. The number of nitrogens with zero attached hydrogens (tertiary/aromatic N) is 1. The molecule has 0 saturated heterocycles. The first-order chi connectivity index (χ1) is 9.79. The summed E-state index contributed by atoms with van der Waals surface area (Å²) in [4.78, 5) is 0. The number of hydrogen-bond acceptors (Lipinski definition) is 3. The van der Waals surface area contributed by atoms with Crippen molar-refractivity contribution in [2.45, 2.75) is 45.1 Å². The molecule has 0 amide bonds. The van der Waals surface area contributed by atoms with Crippen LogP contribution in [0.5, 0.6) is 5.75 Å². The van der Waals surface area contributed by atoms with E-state index in [1.807, 2.05) is 18.2 Å². The van der Waals surface area contributed by atoms with Crippen molar-refractivity contribution in [3.05, 3.63) is 29.8 Å². The van der Waals surface area contributed by atoms with Gasteiger partial charge in [-0.1, -0.05) is 31.9 Å². The SMILES string of the molecule is CC1CCCC(OCCCOc2ccccc2C#N)C1. The molecule has 20 heavy (non-hydrogen) atoms. The van der Waals surface area contributed by atoms with Gasteiger partial charge in [-0.15, -0.1) is 0 Å². The Morgan fingerprint density at radius 3 is 2.90 bits per heavy atom. The van der Waals surface area contributed by atoms with Crippen LogP contribution >= 0.6 is 0 Å². The van der Waals surface area contributed by atoms with E-state index in [1.54, 1.807) is 6.07 Å². The van der Waals surface area contributed by atoms with Gasteiger partial charge in [-0.3, -0.25) is 0 Å². The molecule has 2 unspecified atom stereocenters. The van der Waals surface area contributed by atoms with Crippen molar-refractivity contribution in [1.29, 1.82) is 5.26 Å². The number of ether oxygens (including phenoxy) is 2. The Hall–Kier alpha value is -1.53. The molecule has 0 heterocycles. The van der Waals surface area contributed by atoms with Crippen molar-refractivity contribution in [3.63, 3.8) is 0 Å². The maximum absolute atomic E-state index is 8.96. The molecule has 2 rings (SSSR count). The van der Waals surface area contributed by atoms with Crippen LogP contribution in [0.3, 0.4) is 0 Å². The zero-order valence-corrected chi connectivity index (χ0v) is 12.2. The molecule has 1 aromatic carbocycles. The predicted molar refractivity (Wildman–Crippen MR) is 78.6 cm³/mol. The molecule has 1 fully saturated rings. The summed E-state index contributed by atoms with van der Waals surface area (Å²) in [6, 6.07) is 9.48. The first-order valence-corrected chi connectivity index (χ1v) is 7.53. The standard InChI is InChI=1S/C17H23NO2/c1-14-6-4-8-16(12-14)19-10-5-11-20-17-9-3-2-7-15(17)13-18/h2-3,7,9,14,16H,4-6,8,10-12H2,1H3. The van der Waals surface area contributed by atoms with Crippen molar-refractivity contribution >= 4 is 0 Å². The van der Waals surface area contributed by atoms with Crippen LogP contribution in [0, 0.1) is 17.2 Å². The second kappa shape index (κ2) is 7.91. The summed E-state index contributed by atoms with van der Waals surface area (Å²) in [7, 11) is 0. The van der Waals surface area contributed by atoms with E-state index in [-0.39, 0.29) is 0 Å². The summed E-state index contributed by atoms with van der Waals surface area (Å²) in [6.07, 6.45) is 6.32. The Balaban J connectivity index is 1.63.